The molecule has 4 aromatic rings. The minimum atomic E-state index is -3.94. The van der Waals surface area contributed by atoms with Crippen LogP contribution in [0, 0.1) is 18.8 Å². The van der Waals surface area contributed by atoms with Gasteiger partial charge in [-0.1, -0.05) is 84.4 Å². The first-order valence-electron chi connectivity index (χ1n) is 11.8. The third-order valence-electron chi connectivity index (χ3n) is 6.47. The molecular weight excluding hydrogens is 470 g/mol. The number of sulfonamides is 1. The minimum absolute atomic E-state index is 0.0603. The summed E-state index contributed by atoms with van der Waals surface area (Å²) in [5, 5.41) is 1.93. The highest BCUT2D eigenvalue weighted by atomic mass is 32.2. The topological polar surface area (TPSA) is 80.3 Å². The molecule has 0 aromatic heterocycles. The van der Waals surface area contributed by atoms with E-state index in [0.717, 1.165) is 16.3 Å². The van der Waals surface area contributed by atoms with E-state index >= 15 is 0 Å². The second-order valence-corrected chi connectivity index (χ2v) is 10.8. The Morgan fingerprint density at radius 2 is 1.44 bits per heavy atom. The molecule has 1 aliphatic carbocycles. The predicted molar refractivity (Wildman–Crippen MR) is 141 cm³/mol. The van der Waals surface area contributed by atoms with E-state index in [-0.39, 0.29) is 28.1 Å². The van der Waals surface area contributed by atoms with Crippen molar-refractivity contribution in [2.45, 2.75) is 18.2 Å². The number of nitrogens with one attached hydrogen (secondary N) is 1. The molecule has 5 rings (SSSR count). The highest BCUT2D eigenvalue weighted by Gasteiger charge is 2.47. The Hall–Kier alpha value is -4.03. The van der Waals surface area contributed by atoms with Crippen molar-refractivity contribution in [2.75, 3.05) is 0 Å². The Morgan fingerprint density at radius 3 is 2.17 bits per heavy atom. The molecule has 0 spiro atoms. The molecule has 1 fully saturated rings. The number of hydrogen-bond acceptors (Lipinski definition) is 4. The van der Waals surface area contributed by atoms with Crippen molar-refractivity contribution in [1.29, 1.82) is 0 Å². The summed E-state index contributed by atoms with van der Waals surface area (Å²) in [5.41, 5.74) is 2.28. The van der Waals surface area contributed by atoms with Crippen LogP contribution in [0.2, 0.25) is 0 Å². The van der Waals surface area contributed by atoms with Gasteiger partial charge in [-0.05, 0) is 47.9 Å². The quantitative estimate of drug-likeness (QED) is 0.257. The monoisotopic (exact) mass is 495 g/mol. The van der Waals surface area contributed by atoms with Crippen molar-refractivity contribution >= 4 is 38.1 Å². The van der Waals surface area contributed by atoms with E-state index < -0.39 is 15.9 Å². The molecule has 1 aliphatic rings. The Labute approximate surface area is 210 Å². The molecule has 0 radical (unpaired) electrons. The van der Waals surface area contributed by atoms with Crippen molar-refractivity contribution in [2.24, 2.45) is 11.8 Å². The largest absolute Gasteiger partial charge is 0.294 e. The normalized spacial score (nSPS) is 17.5. The fraction of sp³-hybridized carbons (Fsp3) is 0.133. The zero-order chi connectivity index (χ0) is 25.3. The van der Waals surface area contributed by atoms with E-state index in [9.17, 15) is 18.0 Å². The van der Waals surface area contributed by atoms with Gasteiger partial charge in [0.2, 0.25) is 0 Å². The van der Waals surface area contributed by atoms with Gasteiger partial charge in [-0.2, -0.15) is 0 Å². The van der Waals surface area contributed by atoms with Crippen molar-refractivity contribution < 1.29 is 18.0 Å². The van der Waals surface area contributed by atoms with E-state index in [4.69, 9.17) is 0 Å². The number of aryl methyl sites for hydroxylation is 1. The van der Waals surface area contributed by atoms with Gasteiger partial charge in [-0.25, -0.2) is 8.42 Å². The van der Waals surface area contributed by atoms with E-state index in [1.807, 2.05) is 49.4 Å². The number of carbonyl (C=O) groups is 2. The molecule has 1 saturated carbocycles. The number of fused-ring (bicyclic) bond motifs is 1. The lowest BCUT2D eigenvalue weighted by molar-refractivity contribution is -0.115. The van der Waals surface area contributed by atoms with Crippen LogP contribution in [0.1, 0.15) is 27.9 Å². The fourth-order valence-electron chi connectivity index (χ4n) is 4.31. The Bertz CT molecular complexity index is 1590. The first-order chi connectivity index (χ1) is 17.3. The maximum Gasteiger partial charge on any atom is 0.261 e. The third kappa shape index (κ3) is 4.99. The highest BCUT2D eigenvalue weighted by molar-refractivity contribution is 7.89. The summed E-state index contributed by atoms with van der Waals surface area (Å²) in [5.74, 6) is -1.17. The van der Waals surface area contributed by atoms with Crippen LogP contribution >= 0.6 is 0 Å². The molecule has 0 bridgehead atoms. The van der Waals surface area contributed by atoms with Crippen LogP contribution in [0.25, 0.3) is 16.5 Å². The smallest absolute Gasteiger partial charge is 0.261 e. The lowest BCUT2D eigenvalue weighted by Gasteiger charge is -2.13. The van der Waals surface area contributed by atoms with Gasteiger partial charge < -0.3 is 0 Å². The van der Waals surface area contributed by atoms with Crippen molar-refractivity contribution in [3.8, 4) is 0 Å². The maximum absolute atomic E-state index is 13.2. The van der Waals surface area contributed by atoms with Gasteiger partial charge >= 0.3 is 0 Å². The van der Waals surface area contributed by atoms with Crippen LogP contribution in [0.5, 0.6) is 0 Å². The van der Waals surface area contributed by atoms with Crippen molar-refractivity contribution in [3.63, 3.8) is 0 Å². The fourth-order valence-corrected chi connectivity index (χ4v) is 5.39. The second kappa shape index (κ2) is 9.55. The molecule has 0 aliphatic heterocycles. The van der Waals surface area contributed by atoms with Crippen LogP contribution in [0.15, 0.2) is 108 Å². The number of carbonyl (C=O) groups excluding carboxylic acids is 2. The highest BCUT2D eigenvalue weighted by Crippen LogP contribution is 2.42. The summed E-state index contributed by atoms with van der Waals surface area (Å²) in [6.45, 7) is 1.88. The third-order valence-corrected chi connectivity index (χ3v) is 7.86. The standard InChI is InChI=1S/C30H25NO4S/c1-20-11-15-25(16-12-20)36(34,35)31-28(24-14-13-21-7-5-6-10-23(21)17-24)19-29(32)26-18-27(26)30(33)22-8-3-2-4-9-22/h2-17,19,26-27,31H,18H2,1H3/b28-19-/t26-,27-/m1/s1. The van der Waals surface area contributed by atoms with Gasteiger partial charge in [-0.15, -0.1) is 0 Å². The summed E-state index contributed by atoms with van der Waals surface area (Å²) < 4.78 is 29.0. The van der Waals surface area contributed by atoms with Gasteiger partial charge in [0, 0.05) is 23.5 Å². The molecule has 0 amide bonds. The summed E-state index contributed by atoms with van der Waals surface area (Å²) >= 11 is 0. The molecule has 2 atom stereocenters. The Balaban J connectivity index is 1.47. The van der Waals surface area contributed by atoms with Crippen LogP contribution in [-0.4, -0.2) is 20.0 Å². The molecule has 0 saturated heterocycles. The van der Waals surface area contributed by atoms with Crippen LogP contribution < -0.4 is 4.72 Å². The number of ketones is 2. The number of rotatable bonds is 8. The number of hydrogen-bond donors (Lipinski definition) is 1. The van der Waals surface area contributed by atoms with Crippen molar-refractivity contribution in [1.82, 2.24) is 4.72 Å². The van der Waals surface area contributed by atoms with E-state index in [1.54, 1.807) is 42.5 Å². The zero-order valence-electron chi connectivity index (χ0n) is 19.7. The van der Waals surface area contributed by atoms with Crippen molar-refractivity contribution in [3.05, 3.63) is 120 Å². The number of allylic oxidation sites excluding steroid dienone is 1. The van der Waals surface area contributed by atoms with Crippen LogP contribution in [0.4, 0.5) is 0 Å². The molecule has 36 heavy (non-hydrogen) atoms. The molecule has 5 nitrogen and oxygen atoms in total. The molecule has 180 valence electrons. The van der Waals surface area contributed by atoms with E-state index in [1.165, 1.54) is 18.2 Å². The molecule has 4 aromatic carbocycles. The SMILES string of the molecule is Cc1ccc(S(=O)(=O)N/C(=C\C(=O)[C@@H]2C[C@H]2C(=O)c2ccccc2)c2ccc3ccccc3c2)cc1. The Morgan fingerprint density at radius 1 is 0.778 bits per heavy atom. The predicted octanol–water partition coefficient (Wildman–Crippen LogP) is 5.56. The first-order valence-corrected chi connectivity index (χ1v) is 13.2. The zero-order valence-corrected chi connectivity index (χ0v) is 20.5. The van der Waals surface area contributed by atoms with Crippen LogP contribution in [0.3, 0.4) is 0 Å². The summed E-state index contributed by atoms with van der Waals surface area (Å²) in [6, 6.07) is 28.7. The van der Waals surface area contributed by atoms with Gasteiger partial charge in [-0.3, -0.25) is 14.3 Å². The van der Waals surface area contributed by atoms with Gasteiger partial charge in [0.15, 0.2) is 11.6 Å². The molecular formula is C30H25NO4S. The summed E-state index contributed by atoms with van der Waals surface area (Å²) in [4.78, 5) is 26.1. The molecule has 1 N–H and O–H groups in total. The Kier molecular flexibility index (Phi) is 6.29. The number of benzene rings is 4. The minimum Gasteiger partial charge on any atom is -0.294 e. The van der Waals surface area contributed by atoms with Gasteiger partial charge in [0.05, 0.1) is 10.6 Å². The van der Waals surface area contributed by atoms with E-state index in [0.29, 0.717) is 17.5 Å². The second-order valence-electron chi connectivity index (χ2n) is 9.12. The average molecular weight is 496 g/mol. The molecule has 0 heterocycles. The van der Waals surface area contributed by atoms with Gasteiger partial charge in [0.1, 0.15) is 0 Å². The molecule has 0 unspecified atom stereocenters. The average Bonchev–Trinajstić information content (AvgIpc) is 3.69. The first kappa shape index (κ1) is 23.7. The maximum atomic E-state index is 13.2. The van der Waals surface area contributed by atoms with Crippen LogP contribution in [-0.2, 0) is 14.8 Å². The summed E-state index contributed by atoms with van der Waals surface area (Å²) in [7, 11) is -3.94. The molecule has 6 heteroatoms. The summed E-state index contributed by atoms with van der Waals surface area (Å²) in [6.07, 6.45) is 1.79. The number of Topliss-reactive ketones (excluding diaryl/α,β-unsaturated/α-hetero) is 1. The lowest BCUT2D eigenvalue weighted by Crippen LogP contribution is -2.23. The lowest BCUT2D eigenvalue weighted by atomic mass is 10.0. The van der Waals surface area contributed by atoms with Gasteiger partial charge in [0.25, 0.3) is 10.0 Å². The van der Waals surface area contributed by atoms with E-state index in [2.05, 4.69) is 4.72 Å².